The first kappa shape index (κ1) is 14.0. The fraction of sp³-hybridized carbons (Fsp3) is 0.467. The van der Waals surface area contributed by atoms with Crippen LogP contribution in [0.4, 0.5) is 5.69 Å². The molecule has 2 N–H and O–H groups in total. The molecule has 0 bridgehead atoms. The Labute approximate surface area is 124 Å². The first-order chi connectivity index (χ1) is 10.2. The molecule has 0 radical (unpaired) electrons. The zero-order valence-corrected chi connectivity index (χ0v) is 12.0. The number of hydrogen-bond donors (Lipinski definition) is 2. The highest BCUT2D eigenvalue weighted by molar-refractivity contribution is 6.02. The minimum Gasteiger partial charge on any atom is -0.353 e. The summed E-state index contributed by atoms with van der Waals surface area (Å²) in [5, 5.41) is 5.66. The molecular weight excluding hydrogens is 268 g/mol. The van der Waals surface area contributed by atoms with Crippen LogP contribution in [0.2, 0.25) is 0 Å². The summed E-state index contributed by atoms with van der Waals surface area (Å²) in [6.45, 7) is 5.66. The molecule has 0 aliphatic carbocycles. The second-order valence-electron chi connectivity index (χ2n) is 5.52. The summed E-state index contributed by atoms with van der Waals surface area (Å²) in [4.78, 5) is 27.0. The predicted molar refractivity (Wildman–Crippen MR) is 80.0 cm³/mol. The van der Waals surface area contributed by atoms with Gasteiger partial charge in [-0.1, -0.05) is 12.1 Å². The van der Waals surface area contributed by atoms with Crippen LogP contribution in [-0.4, -0.2) is 56.0 Å². The smallest absolute Gasteiger partial charge is 0.246 e. The van der Waals surface area contributed by atoms with Gasteiger partial charge in [0.1, 0.15) is 0 Å². The van der Waals surface area contributed by atoms with Crippen LogP contribution in [-0.2, 0) is 16.1 Å². The van der Waals surface area contributed by atoms with Gasteiger partial charge in [0.2, 0.25) is 11.8 Å². The van der Waals surface area contributed by atoms with Crippen molar-refractivity contribution in [2.45, 2.75) is 6.54 Å². The minimum atomic E-state index is -0.240. The molecule has 0 atom stereocenters. The summed E-state index contributed by atoms with van der Waals surface area (Å²) < 4.78 is 0. The molecule has 0 unspecified atom stereocenters. The number of benzene rings is 1. The lowest BCUT2D eigenvalue weighted by Gasteiger charge is -2.29. The van der Waals surface area contributed by atoms with Crippen molar-refractivity contribution in [3.63, 3.8) is 0 Å². The molecule has 6 heteroatoms. The second kappa shape index (κ2) is 6.24. The molecule has 2 fully saturated rings. The summed E-state index contributed by atoms with van der Waals surface area (Å²) in [6.07, 6.45) is 0. The molecule has 0 spiro atoms. The minimum absolute atomic E-state index is 0.239. The SMILES string of the molecule is O=C1CN(c2ccc(CN3CCNCC3)cc2)CC(=O)N1. The Morgan fingerprint density at radius 3 is 2.19 bits per heavy atom. The molecular formula is C15H20N4O2. The fourth-order valence-electron chi connectivity index (χ4n) is 2.76. The number of imide groups is 1. The lowest BCUT2D eigenvalue weighted by molar-refractivity contribution is -0.130. The zero-order chi connectivity index (χ0) is 14.7. The molecule has 6 nitrogen and oxygen atoms in total. The largest absolute Gasteiger partial charge is 0.353 e. The van der Waals surface area contributed by atoms with Crippen LogP contribution in [0.1, 0.15) is 5.56 Å². The van der Waals surface area contributed by atoms with Gasteiger partial charge in [-0.05, 0) is 17.7 Å². The molecule has 1 aromatic carbocycles. The number of rotatable bonds is 3. The third-order valence-electron chi connectivity index (χ3n) is 3.87. The lowest BCUT2D eigenvalue weighted by atomic mass is 10.1. The number of nitrogens with one attached hydrogen (secondary N) is 2. The molecule has 1 aromatic rings. The summed E-state index contributed by atoms with van der Waals surface area (Å²) in [5.41, 5.74) is 2.18. The first-order valence-corrected chi connectivity index (χ1v) is 7.30. The van der Waals surface area contributed by atoms with E-state index in [2.05, 4.69) is 27.7 Å². The van der Waals surface area contributed by atoms with Crippen molar-refractivity contribution in [3.8, 4) is 0 Å². The predicted octanol–water partition coefficient (Wildman–Crippen LogP) is -0.445. The van der Waals surface area contributed by atoms with E-state index in [1.54, 1.807) is 4.90 Å². The van der Waals surface area contributed by atoms with E-state index >= 15 is 0 Å². The number of anilines is 1. The van der Waals surface area contributed by atoms with Gasteiger partial charge in [-0.25, -0.2) is 0 Å². The average molecular weight is 288 g/mol. The van der Waals surface area contributed by atoms with Gasteiger partial charge >= 0.3 is 0 Å². The highest BCUT2D eigenvalue weighted by Crippen LogP contribution is 2.17. The molecule has 0 aromatic heterocycles. The van der Waals surface area contributed by atoms with Crippen LogP contribution >= 0.6 is 0 Å². The third kappa shape index (κ3) is 3.59. The summed E-state index contributed by atoms with van der Waals surface area (Å²) in [7, 11) is 0. The normalized spacial score (nSPS) is 20.5. The van der Waals surface area contributed by atoms with E-state index in [-0.39, 0.29) is 24.9 Å². The van der Waals surface area contributed by atoms with E-state index in [9.17, 15) is 9.59 Å². The standard InChI is InChI=1S/C15H20N4O2/c20-14-10-19(11-15(21)17-14)13-3-1-12(2-4-13)9-18-7-5-16-6-8-18/h1-4,16H,5-11H2,(H,17,20,21). The molecule has 2 heterocycles. The van der Waals surface area contributed by atoms with E-state index < -0.39 is 0 Å². The number of carbonyl (C=O) groups is 2. The number of piperazine rings is 2. The Kier molecular flexibility index (Phi) is 4.17. The number of carbonyl (C=O) groups excluding carboxylic acids is 2. The Morgan fingerprint density at radius 1 is 0.952 bits per heavy atom. The third-order valence-corrected chi connectivity index (χ3v) is 3.87. The average Bonchev–Trinajstić information content (AvgIpc) is 2.48. The Bertz CT molecular complexity index is 507. The summed E-state index contributed by atoms with van der Waals surface area (Å²) in [5.74, 6) is -0.479. The molecule has 2 aliphatic rings. The van der Waals surface area contributed by atoms with E-state index in [0.717, 1.165) is 38.4 Å². The highest BCUT2D eigenvalue weighted by atomic mass is 16.2. The van der Waals surface area contributed by atoms with Crippen LogP contribution in [0.5, 0.6) is 0 Å². The zero-order valence-electron chi connectivity index (χ0n) is 12.0. The Hall–Kier alpha value is -1.92. The first-order valence-electron chi connectivity index (χ1n) is 7.30. The Morgan fingerprint density at radius 2 is 1.57 bits per heavy atom. The van der Waals surface area contributed by atoms with Crippen LogP contribution < -0.4 is 15.5 Å². The van der Waals surface area contributed by atoms with Crippen molar-refractivity contribution in [1.29, 1.82) is 0 Å². The van der Waals surface area contributed by atoms with Gasteiger partial charge in [0, 0.05) is 38.4 Å². The number of hydrogen-bond acceptors (Lipinski definition) is 5. The molecule has 2 saturated heterocycles. The summed E-state index contributed by atoms with van der Waals surface area (Å²) in [6, 6.07) is 8.13. The van der Waals surface area contributed by atoms with Crippen molar-refractivity contribution < 1.29 is 9.59 Å². The van der Waals surface area contributed by atoms with Crippen molar-refractivity contribution in [3.05, 3.63) is 29.8 Å². The number of nitrogens with zero attached hydrogens (tertiary/aromatic N) is 2. The van der Waals surface area contributed by atoms with Crippen LogP contribution in [0.3, 0.4) is 0 Å². The van der Waals surface area contributed by atoms with Crippen molar-refractivity contribution in [2.75, 3.05) is 44.2 Å². The maximum atomic E-state index is 11.4. The Balaban J connectivity index is 1.63. The maximum Gasteiger partial charge on any atom is 0.246 e. The fourth-order valence-corrected chi connectivity index (χ4v) is 2.76. The molecule has 112 valence electrons. The molecule has 2 amide bonds. The van der Waals surface area contributed by atoms with Crippen LogP contribution in [0, 0.1) is 0 Å². The lowest BCUT2D eigenvalue weighted by Crippen LogP contribution is -2.51. The van der Waals surface area contributed by atoms with Gasteiger partial charge in [0.15, 0.2) is 0 Å². The van der Waals surface area contributed by atoms with Gasteiger partial charge in [0.05, 0.1) is 13.1 Å². The summed E-state index contributed by atoms with van der Waals surface area (Å²) >= 11 is 0. The van der Waals surface area contributed by atoms with E-state index in [1.807, 2.05) is 12.1 Å². The molecule has 2 aliphatic heterocycles. The van der Waals surface area contributed by atoms with Gasteiger partial charge in [-0.2, -0.15) is 0 Å². The van der Waals surface area contributed by atoms with Crippen molar-refractivity contribution >= 4 is 17.5 Å². The van der Waals surface area contributed by atoms with Gasteiger partial charge < -0.3 is 10.2 Å². The van der Waals surface area contributed by atoms with Crippen molar-refractivity contribution in [2.24, 2.45) is 0 Å². The molecule has 0 saturated carbocycles. The van der Waals surface area contributed by atoms with Gasteiger partial charge in [-0.15, -0.1) is 0 Å². The van der Waals surface area contributed by atoms with Crippen molar-refractivity contribution in [1.82, 2.24) is 15.5 Å². The molecule has 21 heavy (non-hydrogen) atoms. The second-order valence-corrected chi connectivity index (χ2v) is 5.52. The van der Waals surface area contributed by atoms with Gasteiger partial charge in [0.25, 0.3) is 0 Å². The topological polar surface area (TPSA) is 64.7 Å². The van der Waals surface area contributed by atoms with Crippen LogP contribution in [0.25, 0.3) is 0 Å². The molecule has 3 rings (SSSR count). The highest BCUT2D eigenvalue weighted by Gasteiger charge is 2.22. The van der Waals surface area contributed by atoms with Crippen LogP contribution in [0.15, 0.2) is 24.3 Å². The number of amides is 2. The van der Waals surface area contributed by atoms with E-state index in [0.29, 0.717) is 0 Å². The van der Waals surface area contributed by atoms with E-state index in [1.165, 1.54) is 5.56 Å². The van der Waals surface area contributed by atoms with Gasteiger partial charge in [-0.3, -0.25) is 19.8 Å². The maximum absolute atomic E-state index is 11.4. The monoisotopic (exact) mass is 288 g/mol. The quantitative estimate of drug-likeness (QED) is 0.738. The van der Waals surface area contributed by atoms with E-state index in [4.69, 9.17) is 0 Å².